The number of hydrogen-bond acceptors (Lipinski definition) is 7. The van der Waals surface area contributed by atoms with Gasteiger partial charge in [-0.25, -0.2) is 9.97 Å². The third-order valence-electron chi connectivity index (χ3n) is 6.06. The summed E-state index contributed by atoms with van der Waals surface area (Å²) in [5, 5.41) is 4.23. The number of carbonyl (C=O) groups excluding carboxylic acids is 1. The number of furan rings is 1. The zero-order valence-electron chi connectivity index (χ0n) is 19.1. The molecule has 1 amide bonds. The maximum Gasteiger partial charge on any atom is 0.264 e. The van der Waals surface area contributed by atoms with Crippen LogP contribution in [-0.2, 0) is 6.54 Å². The fraction of sp³-hybridized carbons (Fsp3) is 0.269. The first-order valence-electron chi connectivity index (χ1n) is 11.4. The van der Waals surface area contributed by atoms with Crippen molar-refractivity contribution in [3.63, 3.8) is 0 Å². The fourth-order valence-corrected chi connectivity index (χ4v) is 5.29. The van der Waals surface area contributed by atoms with Gasteiger partial charge < -0.3 is 14.6 Å². The Kier molecular flexibility index (Phi) is 6.69. The Morgan fingerprint density at radius 1 is 1.12 bits per heavy atom. The van der Waals surface area contributed by atoms with Crippen molar-refractivity contribution < 1.29 is 9.21 Å². The highest BCUT2D eigenvalue weighted by atomic mass is 32.1. The highest BCUT2D eigenvalue weighted by molar-refractivity contribution is 7.20. The Morgan fingerprint density at radius 2 is 1.94 bits per heavy atom. The molecule has 1 fully saturated rings. The van der Waals surface area contributed by atoms with Crippen LogP contribution in [0.4, 0.5) is 5.82 Å². The fourth-order valence-electron chi connectivity index (χ4n) is 4.17. The quantitative estimate of drug-likeness (QED) is 0.420. The van der Waals surface area contributed by atoms with Crippen LogP contribution in [0, 0.1) is 6.92 Å². The van der Waals surface area contributed by atoms with Crippen molar-refractivity contribution in [1.29, 1.82) is 0 Å². The Labute approximate surface area is 202 Å². The number of thiophene rings is 1. The van der Waals surface area contributed by atoms with Gasteiger partial charge in [0.1, 0.15) is 22.7 Å². The number of rotatable bonds is 7. The summed E-state index contributed by atoms with van der Waals surface area (Å²) in [4.78, 5) is 28.1. The van der Waals surface area contributed by atoms with Crippen LogP contribution in [0.5, 0.6) is 0 Å². The number of aromatic nitrogens is 2. The lowest BCUT2D eigenvalue weighted by atomic mass is 10.1. The molecule has 3 aromatic heterocycles. The second kappa shape index (κ2) is 10.2. The Morgan fingerprint density at radius 3 is 2.71 bits per heavy atom. The van der Waals surface area contributed by atoms with Crippen LogP contribution in [-0.4, -0.2) is 58.4 Å². The minimum Gasteiger partial charge on any atom is -0.467 e. The second-order valence-electron chi connectivity index (χ2n) is 8.30. The summed E-state index contributed by atoms with van der Waals surface area (Å²) >= 11 is 1.44. The number of hydrogen-bond donors (Lipinski definition) is 1. The van der Waals surface area contributed by atoms with E-state index < -0.39 is 0 Å². The molecule has 0 unspecified atom stereocenters. The number of anilines is 1. The third kappa shape index (κ3) is 4.88. The molecule has 1 aliphatic heterocycles. The number of piperazine rings is 1. The first kappa shape index (κ1) is 22.3. The van der Waals surface area contributed by atoms with E-state index in [0.29, 0.717) is 6.54 Å². The molecule has 1 aromatic carbocycles. The van der Waals surface area contributed by atoms with E-state index in [9.17, 15) is 4.79 Å². The van der Waals surface area contributed by atoms with E-state index in [4.69, 9.17) is 4.42 Å². The van der Waals surface area contributed by atoms with Gasteiger partial charge >= 0.3 is 0 Å². The number of amides is 1. The van der Waals surface area contributed by atoms with E-state index in [1.54, 1.807) is 12.6 Å². The number of nitrogens with zero attached hydrogens (tertiary/aromatic N) is 4. The molecule has 1 aliphatic rings. The molecule has 1 saturated heterocycles. The molecular formula is C26H27N5O2S. The van der Waals surface area contributed by atoms with Gasteiger partial charge in [0, 0.05) is 32.7 Å². The van der Waals surface area contributed by atoms with Gasteiger partial charge in [0.05, 0.1) is 23.1 Å². The maximum absolute atomic E-state index is 13.4. The van der Waals surface area contributed by atoms with Crippen LogP contribution in [0.15, 0.2) is 65.5 Å². The molecule has 0 bridgehead atoms. The van der Waals surface area contributed by atoms with Crippen molar-refractivity contribution in [3.8, 4) is 0 Å². The standard InChI is InChI=1S/C26H27N5O2S/c1-19-22-24(27-17-21-10-6-16-33-21)28-18-29-25(22)34-23(19)26(32)31-14-12-30(13-15-31)11-5-9-20-7-3-2-4-8-20/h2-10,16,18H,11-15,17H2,1H3,(H,27,28,29)/b9-5+. The van der Waals surface area contributed by atoms with Crippen molar-refractivity contribution in [1.82, 2.24) is 19.8 Å². The molecular weight excluding hydrogens is 446 g/mol. The summed E-state index contributed by atoms with van der Waals surface area (Å²) in [7, 11) is 0. The number of fused-ring (bicyclic) bond motifs is 1. The number of carbonyl (C=O) groups is 1. The van der Waals surface area contributed by atoms with Crippen LogP contribution < -0.4 is 5.32 Å². The zero-order chi connectivity index (χ0) is 23.3. The summed E-state index contributed by atoms with van der Waals surface area (Å²) in [6.07, 6.45) is 7.53. The summed E-state index contributed by atoms with van der Waals surface area (Å²) < 4.78 is 5.40. The van der Waals surface area contributed by atoms with Crippen LogP contribution in [0.2, 0.25) is 0 Å². The van der Waals surface area contributed by atoms with Crippen molar-refractivity contribution >= 4 is 39.4 Å². The second-order valence-corrected chi connectivity index (χ2v) is 9.30. The molecule has 34 heavy (non-hydrogen) atoms. The summed E-state index contributed by atoms with van der Waals surface area (Å²) in [6.45, 7) is 6.58. The zero-order valence-corrected chi connectivity index (χ0v) is 19.9. The van der Waals surface area contributed by atoms with Gasteiger partial charge in [0.2, 0.25) is 0 Å². The number of nitrogens with one attached hydrogen (secondary N) is 1. The van der Waals surface area contributed by atoms with Crippen molar-refractivity contribution in [2.45, 2.75) is 13.5 Å². The SMILES string of the molecule is Cc1c(C(=O)N2CCN(C/C=C/c3ccccc3)CC2)sc2ncnc(NCc3ccco3)c12. The summed E-state index contributed by atoms with van der Waals surface area (Å²) in [5.41, 5.74) is 2.14. The van der Waals surface area contributed by atoms with E-state index in [1.807, 2.05) is 42.2 Å². The van der Waals surface area contributed by atoms with Crippen LogP contribution in [0.25, 0.3) is 16.3 Å². The lowest BCUT2D eigenvalue weighted by molar-refractivity contribution is 0.0654. The Hall–Kier alpha value is -3.49. The summed E-state index contributed by atoms with van der Waals surface area (Å²) in [5.74, 6) is 1.63. The third-order valence-corrected chi connectivity index (χ3v) is 7.25. The van der Waals surface area contributed by atoms with Gasteiger partial charge in [-0.05, 0) is 30.2 Å². The van der Waals surface area contributed by atoms with Gasteiger partial charge in [-0.1, -0.05) is 42.5 Å². The molecule has 7 nitrogen and oxygen atoms in total. The van der Waals surface area contributed by atoms with Gasteiger partial charge in [-0.2, -0.15) is 0 Å². The van der Waals surface area contributed by atoms with Crippen molar-refractivity contribution in [2.24, 2.45) is 0 Å². The lowest BCUT2D eigenvalue weighted by Gasteiger charge is -2.34. The molecule has 0 aliphatic carbocycles. The highest BCUT2D eigenvalue weighted by Crippen LogP contribution is 2.34. The van der Waals surface area contributed by atoms with Gasteiger partial charge in [0.25, 0.3) is 5.91 Å². The van der Waals surface area contributed by atoms with E-state index in [0.717, 1.165) is 65.0 Å². The van der Waals surface area contributed by atoms with Crippen LogP contribution >= 0.6 is 11.3 Å². The maximum atomic E-state index is 13.4. The average molecular weight is 474 g/mol. The van der Waals surface area contributed by atoms with Crippen molar-refractivity contribution in [2.75, 3.05) is 38.0 Å². The molecule has 0 saturated carbocycles. The van der Waals surface area contributed by atoms with Crippen molar-refractivity contribution in [3.05, 3.63) is 82.9 Å². The normalized spacial score (nSPS) is 14.8. The number of aryl methyl sites for hydroxylation is 1. The van der Waals surface area contributed by atoms with E-state index >= 15 is 0 Å². The molecule has 0 spiro atoms. The van der Waals surface area contributed by atoms with E-state index in [-0.39, 0.29) is 5.91 Å². The number of benzene rings is 1. The van der Waals surface area contributed by atoms with Gasteiger partial charge in [-0.15, -0.1) is 11.3 Å². The predicted octanol–water partition coefficient (Wildman–Crippen LogP) is 4.68. The molecule has 0 radical (unpaired) electrons. The largest absolute Gasteiger partial charge is 0.467 e. The van der Waals surface area contributed by atoms with Gasteiger partial charge in [0.15, 0.2) is 0 Å². The minimum atomic E-state index is 0.0805. The van der Waals surface area contributed by atoms with Crippen LogP contribution in [0.1, 0.15) is 26.6 Å². The minimum absolute atomic E-state index is 0.0805. The topological polar surface area (TPSA) is 74.5 Å². The first-order chi connectivity index (χ1) is 16.7. The van der Waals surface area contributed by atoms with Crippen LogP contribution in [0.3, 0.4) is 0 Å². The first-order valence-corrected chi connectivity index (χ1v) is 12.2. The molecule has 4 heterocycles. The summed E-state index contributed by atoms with van der Waals surface area (Å²) in [6, 6.07) is 14.1. The van der Waals surface area contributed by atoms with Gasteiger partial charge in [-0.3, -0.25) is 9.69 Å². The van der Waals surface area contributed by atoms with E-state index in [2.05, 4.69) is 44.5 Å². The average Bonchev–Trinajstić information content (AvgIpc) is 3.52. The van der Waals surface area contributed by atoms with E-state index in [1.165, 1.54) is 16.9 Å². The molecule has 5 rings (SSSR count). The molecule has 0 atom stereocenters. The predicted molar refractivity (Wildman–Crippen MR) is 136 cm³/mol. The molecule has 1 N–H and O–H groups in total. The highest BCUT2D eigenvalue weighted by Gasteiger charge is 2.26. The molecule has 8 heteroatoms. The lowest BCUT2D eigenvalue weighted by Crippen LogP contribution is -2.48. The smallest absolute Gasteiger partial charge is 0.264 e. The Balaban J connectivity index is 1.23. The monoisotopic (exact) mass is 473 g/mol. The Bertz CT molecular complexity index is 1280. The molecule has 174 valence electrons. The molecule has 4 aromatic rings.